The van der Waals surface area contributed by atoms with Gasteiger partial charge in [-0.2, -0.15) is 0 Å². The van der Waals surface area contributed by atoms with Gasteiger partial charge in [-0.05, 0) is 57.8 Å². The molecule has 0 aliphatic heterocycles. The third-order valence-electron chi connectivity index (χ3n) is 8.26. The average molecular weight is 666 g/mol. The predicted octanol–water partition coefficient (Wildman–Crippen LogP) is 7.92. The number of rotatable bonds is 4. The summed E-state index contributed by atoms with van der Waals surface area (Å²) in [6.07, 6.45) is 16.5. The van der Waals surface area contributed by atoms with Crippen LogP contribution in [-0.2, 0) is 9.59 Å². The van der Waals surface area contributed by atoms with E-state index in [0.29, 0.717) is 0 Å². The van der Waals surface area contributed by atoms with Crippen molar-refractivity contribution in [2.45, 2.75) is 121 Å². The first-order valence-corrected chi connectivity index (χ1v) is 15.1. The van der Waals surface area contributed by atoms with Gasteiger partial charge in [0.2, 0.25) is 0 Å². The summed E-state index contributed by atoms with van der Waals surface area (Å²) in [6, 6.07) is 0.340. The molecule has 4 radical (unpaired) electrons. The molecule has 4 nitrogen and oxygen atoms in total. The van der Waals surface area contributed by atoms with E-state index in [4.69, 9.17) is 0 Å². The summed E-state index contributed by atoms with van der Waals surface area (Å²) in [4.78, 5) is 27.0. The van der Waals surface area contributed by atoms with Crippen LogP contribution in [0.1, 0.15) is 109 Å². The molecule has 41 heavy (non-hydrogen) atoms. The maximum Gasteiger partial charge on any atom is 0.191 e. The molecule has 5 heteroatoms. The minimum Gasteiger partial charge on any atom is -0.386 e. The first kappa shape index (κ1) is 35.4. The maximum atomic E-state index is 13.5. The molecular weight excluding hydrogens is 611 g/mol. The van der Waals surface area contributed by atoms with Crippen molar-refractivity contribution in [2.24, 2.45) is 21.7 Å². The molecular formula is C36H54N2O2Sn. The van der Waals surface area contributed by atoms with Crippen LogP contribution in [0.25, 0.3) is 0 Å². The molecule has 224 valence electrons. The van der Waals surface area contributed by atoms with Gasteiger partial charge in [-0.1, -0.05) is 108 Å². The number of nitrogens with one attached hydrogen (secondary N) is 2. The Morgan fingerprint density at radius 3 is 1.15 bits per heavy atom. The van der Waals surface area contributed by atoms with Crippen LogP contribution in [0, 0.1) is 21.7 Å². The van der Waals surface area contributed by atoms with Gasteiger partial charge in [-0.15, -0.1) is 0 Å². The Morgan fingerprint density at radius 2 is 0.878 bits per heavy atom. The van der Waals surface area contributed by atoms with Gasteiger partial charge in [0.05, 0.1) is 0 Å². The minimum atomic E-state index is -0.228. The predicted molar refractivity (Wildman–Crippen MR) is 174 cm³/mol. The molecule has 2 unspecified atom stereocenters. The van der Waals surface area contributed by atoms with Gasteiger partial charge in [0.15, 0.2) is 11.6 Å². The van der Waals surface area contributed by atoms with E-state index >= 15 is 0 Å². The summed E-state index contributed by atoms with van der Waals surface area (Å²) >= 11 is 0. The third-order valence-corrected chi connectivity index (χ3v) is 8.26. The molecule has 0 aromatic heterocycles. The number of carbonyl (C=O) groups excluding carboxylic acids is 2. The number of ketones is 2. The van der Waals surface area contributed by atoms with Crippen LogP contribution >= 0.6 is 0 Å². The van der Waals surface area contributed by atoms with E-state index in [1.807, 2.05) is 12.4 Å². The van der Waals surface area contributed by atoms with Gasteiger partial charge in [-0.3, -0.25) is 9.59 Å². The van der Waals surface area contributed by atoms with E-state index in [2.05, 4.69) is 118 Å². The van der Waals surface area contributed by atoms with Crippen molar-refractivity contribution in [1.29, 1.82) is 0 Å². The SMILES string of the molecule is CC(C)(C)C1=CC(=CNC2CCCCC2NC=C2C=C(C(C)(C)C)C=C(C(C)(C)C)C2=O)C(=O)C(C(C)(C)C)=C1.[Sn]. The minimum absolute atomic E-state index is 0. The maximum absolute atomic E-state index is 13.5. The summed E-state index contributed by atoms with van der Waals surface area (Å²) in [5, 5.41) is 7.25. The summed E-state index contributed by atoms with van der Waals surface area (Å²) in [5.41, 5.74) is 4.95. The zero-order valence-corrected chi connectivity index (χ0v) is 30.6. The molecule has 0 heterocycles. The van der Waals surface area contributed by atoms with Crippen molar-refractivity contribution in [2.75, 3.05) is 0 Å². The molecule has 3 rings (SSSR count). The summed E-state index contributed by atoms with van der Waals surface area (Å²) in [6.45, 7) is 25.8. The van der Waals surface area contributed by atoms with Crippen molar-refractivity contribution in [3.8, 4) is 0 Å². The standard InChI is InChI=1S/C36H54N2O2.Sn/c1-33(2,3)25-17-23(31(39)27(19-25)35(7,8)9)21-37-29-15-13-14-16-30(29)38-22-24-18-26(34(4,5)6)20-28(32(24)40)36(10,11)12;/h17-22,29-30,37-38H,13-16H2,1-12H3;. The summed E-state index contributed by atoms with van der Waals surface area (Å²) in [5.74, 6) is 0.203. The van der Waals surface area contributed by atoms with Crippen LogP contribution in [0.5, 0.6) is 0 Å². The fraction of sp³-hybridized carbons (Fsp3) is 0.611. The number of Topliss-reactive ketones (excluding diaryl/α,β-unsaturated/α-hetero) is 2. The molecule has 0 spiro atoms. The topological polar surface area (TPSA) is 58.2 Å². The van der Waals surface area contributed by atoms with Crippen LogP contribution in [0.4, 0.5) is 0 Å². The second-order valence-corrected chi connectivity index (χ2v) is 16.0. The van der Waals surface area contributed by atoms with Crippen LogP contribution in [0.3, 0.4) is 0 Å². The van der Waals surface area contributed by atoms with Gasteiger partial charge in [0.1, 0.15) is 0 Å². The first-order valence-electron chi connectivity index (χ1n) is 15.1. The fourth-order valence-corrected chi connectivity index (χ4v) is 5.42. The van der Waals surface area contributed by atoms with E-state index in [1.54, 1.807) is 0 Å². The Balaban J connectivity index is 0.00000588. The van der Waals surface area contributed by atoms with Gasteiger partial charge >= 0.3 is 0 Å². The molecule has 1 saturated carbocycles. The molecule has 3 aliphatic rings. The molecule has 0 aromatic carbocycles. The van der Waals surface area contributed by atoms with Gasteiger partial charge in [0.25, 0.3) is 0 Å². The summed E-state index contributed by atoms with van der Waals surface area (Å²) in [7, 11) is 0. The Bertz CT molecular complexity index is 1120. The third kappa shape index (κ3) is 8.84. The molecule has 0 saturated heterocycles. The largest absolute Gasteiger partial charge is 0.386 e. The Labute approximate surface area is 267 Å². The molecule has 0 aromatic rings. The molecule has 2 atom stereocenters. The van der Waals surface area contributed by atoms with E-state index in [-0.39, 0.29) is 69.2 Å². The average Bonchev–Trinajstić information content (AvgIpc) is 2.80. The van der Waals surface area contributed by atoms with Crippen molar-refractivity contribution in [3.05, 3.63) is 70.1 Å². The van der Waals surface area contributed by atoms with Crippen molar-refractivity contribution in [1.82, 2.24) is 10.6 Å². The van der Waals surface area contributed by atoms with E-state index in [1.165, 1.54) is 11.1 Å². The van der Waals surface area contributed by atoms with E-state index < -0.39 is 0 Å². The molecule has 0 amide bonds. The zero-order valence-electron chi connectivity index (χ0n) is 27.8. The number of hydrogen-bond donors (Lipinski definition) is 2. The summed E-state index contributed by atoms with van der Waals surface area (Å²) < 4.78 is 0. The molecule has 2 N–H and O–H groups in total. The van der Waals surface area contributed by atoms with E-state index in [0.717, 1.165) is 48.0 Å². The van der Waals surface area contributed by atoms with Gasteiger partial charge in [-0.25, -0.2) is 0 Å². The van der Waals surface area contributed by atoms with Crippen LogP contribution < -0.4 is 10.6 Å². The van der Waals surface area contributed by atoms with Crippen molar-refractivity contribution in [3.63, 3.8) is 0 Å². The van der Waals surface area contributed by atoms with Crippen LogP contribution in [0.15, 0.2) is 70.1 Å². The fourth-order valence-electron chi connectivity index (χ4n) is 5.42. The molecule has 1 fully saturated rings. The number of hydrogen-bond acceptors (Lipinski definition) is 4. The quantitative estimate of drug-likeness (QED) is 0.237. The van der Waals surface area contributed by atoms with Gasteiger partial charge < -0.3 is 10.6 Å². The Kier molecular flexibility index (Phi) is 11.1. The van der Waals surface area contributed by atoms with Crippen molar-refractivity contribution < 1.29 is 9.59 Å². The first-order chi connectivity index (χ1) is 18.2. The molecule has 3 aliphatic carbocycles. The van der Waals surface area contributed by atoms with Crippen LogP contribution in [0.2, 0.25) is 0 Å². The van der Waals surface area contributed by atoms with E-state index in [9.17, 15) is 9.59 Å². The van der Waals surface area contributed by atoms with Crippen molar-refractivity contribution >= 4 is 35.5 Å². The second kappa shape index (κ2) is 12.8. The number of carbonyl (C=O) groups is 2. The Morgan fingerprint density at radius 1 is 0.561 bits per heavy atom. The number of allylic oxidation sites excluding steroid dienone is 10. The molecule has 0 bridgehead atoms. The Hall–Kier alpha value is -1.82. The normalized spacial score (nSPS) is 24.8. The van der Waals surface area contributed by atoms with Crippen LogP contribution in [-0.4, -0.2) is 47.6 Å². The zero-order chi connectivity index (χ0) is 30.3. The monoisotopic (exact) mass is 666 g/mol. The van der Waals surface area contributed by atoms with Gasteiger partial charge in [0, 0.05) is 70.7 Å². The smallest absolute Gasteiger partial charge is 0.191 e. The second-order valence-electron chi connectivity index (χ2n) is 16.0.